The highest BCUT2D eigenvalue weighted by Crippen LogP contribution is 2.31. The third kappa shape index (κ3) is 8.26. The van der Waals surface area contributed by atoms with Gasteiger partial charge in [0, 0.05) is 36.2 Å². The summed E-state index contributed by atoms with van der Waals surface area (Å²) in [6, 6.07) is 18.2. The number of amides is 2. The number of methoxy groups -OCH3 is 1. The molecule has 1 unspecified atom stereocenters. The Kier molecular flexibility index (Phi) is 9.59. The van der Waals surface area contributed by atoms with Crippen molar-refractivity contribution in [3.8, 4) is 11.5 Å². The van der Waals surface area contributed by atoms with E-state index in [1.54, 1.807) is 18.2 Å². The van der Waals surface area contributed by atoms with Crippen molar-refractivity contribution in [3.63, 3.8) is 0 Å². The summed E-state index contributed by atoms with van der Waals surface area (Å²) < 4.78 is 25.4. The Hall–Kier alpha value is -4.47. The average Bonchev–Trinajstić information content (AvgIpc) is 2.89. The lowest BCUT2D eigenvalue weighted by atomic mass is 10.0. The summed E-state index contributed by atoms with van der Waals surface area (Å²) in [5.74, 6) is -1.34. The fourth-order valence-electron chi connectivity index (χ4n) is 3.94. The highest BCUT2D eigenvalue weighted by atomic mass is 19.1. The van der Waals surface area contributed by atoms with Crippen LogP contribution >= 0.6 is 0 Å². The normalized spacial score (nSPS) is 11.8. The minimum atomic E-state index is -0.978. The molecule has 0 aliphatic heterocycles. The van der Waals surface area contributed by atoms with Gasteiger partial charge in [-0.2, -0.15) is 0 Å². The Morgan fingerprint density at radius 1 is 1.05 bits per heavy atom. The maximum atomic E-state index is 14.7. The number of hydrogen-bond acceptors (Lipinski definition) is 6. The first kappa shape index (κ1) is 29.1. The number of ether oxygens (including phenoxy) is 2. The zero-order valence-electron chi connectivity index (χ0n) is 22.3. The molecule has 10 heteroatoms. The lowest BCUT2D eigenvalue weighted by Crippen LogP contribution is -2.55. The van der Waals surface area contributed by atoms with Crippen LogP contribution in [-0.2, 0) is 22.6 Å². The predicted molar refractivity (Wildman–Crippen MR) is 144 cm³/mol. The lowest BCUT2D eigenvalue weighted by Gasteiger charge is -2.33. The van der Waals surface area contributed by atoms with Crippen LogP contribution in [0.4, 0.5) is 10.1 Å². The number of hydrogen-bond donors (Lipinski definition) is 1. The van der Waals surface area contributed by atoms with Crippen LogP contribution in [0.5, 0.6) is 11.5 Å². The molecule has 1 N–H and O–H groups in total. The van der Waals surface area contributed by atoms with E-state index in [-0.39, 0.29) is 35.7 Å². The van der Waals surface area contributed by atoms with E-state index in [1.807, 2.05) is 51.1 Å². The molecule has 9 nitrogen and oxygen atoms in total. The molecule has 3 aromatic carbocycles. The number of carbonyl (C=O) groups is 2. The van der Waals surface area contributed by atoms with Gasteiger partial charge in [0.05, 0.1) is 12.0 Å². The summed E-state index contributed by atoms with van der Waals surface area (Å²) in [6.45, 7) is 4.83. The standard InChI is InChI=1S/C29H32FN3O6/c1-29(2,3)31-28(35)25(16-20-10-6-5-7-11-20)32(18-21-12-8-9-13-23(21)30)27(34)19-39-22-14-15-24(33(36)37)26(17-22)38-4/h5-15,17,25H,16,18-19H2,1-4H3,(H,31,35). The fourth-order valence-corrected chi connectivity index (χ4v) is 3.94. The van der Waals surface area contributed by atoms with E-state index in [2.05, 4.69) is 5.32 Å². The van der Waals surface area contributed by atoms with Gasteiger partial charge in [-0.1, -0.05) is 48.5 Å². The highest BCUT2D eigenvalue weighted by Gasteiger charge is 2.33. The molecule has 3 rings (SSSR count). The number of nitrogens with zero attached hydrogens (tertiary/aromatic N) is 2. The molecule has 0 radical (unpaired) electrons. The summed E-state index contributed by atoms with van der Waals surface area (Å²) in [4.78, 5) is 39.0. The van der Waals surface area contributed by atoms with Gasteiger partial charge in [-0.05, 0) is 38.5 Å². The van der Waals surface area contributed by atoms with E-state index in [4.69, 9.17) is 9.47 Å². The molecular formula is C29H32FN3O6. The third-order valence-corrected chi connectivity index (χ3v) is 5.78. The molecule has 0 fully saturated rings. The molecular weight excluding hydrogens is 505 g/mol. The van der Waals surface area contributed by atoms with Crippen LogP contribution in [0.15, 0.2) is 72.8 Å². The highest BCUT2D eigenvalue weighted by molar-refractivity contribution is 5.89. The Morgan fingerprint density at radius 2 is 1.72 bits per heavy atom. The van der Waals surface area contributed by atoms with E-state index in [9.17, 15) is 24.1 Å². The molecule has 0 aliphatic rings. The second kappa shape index (κ2) is 12.9. The maximum absolute atomic E-state index is 14.7. The first-order valence-corrected chi connectivity index (χ1v) is 12.3. The molecule has 1 atom stereocenters. The third-order valence-electron chi connectivity index (χ3n) is 5.78. The zero-order chi connectivity index (χ0) is 28.6. The van der Waals surface area contributed by atoms with Crippen molar-refractivity contribution in [3.05, 3.63) is 99.9 Å². The van der Waals surface area contributed by atoms with Crippen LogP contribution in [0, 0.1) is 15.9 Å². The number of carbonyl (C=O) groups excluding carboxylic acids is 2. The number of rotatable bonds is 11. The molecule has 2 amide bonds. The predicted octanol–water partition coefficient (Wildman–Crippen LogP) is 4.68. The van der Waals surface area contributed by atoms with E-state index in [0.717, 1.165) is 5.56 Å². The first-order valence-electron chi connectivity index (χ1n) is 12.3. The number of halogens is 1. The quantitative estimate of drug-likeness (QED) is 0.281. The minimum absolute atomic E-state index is 0.0281. The van der Waals surface area contributed by atoms with Crippen molar-refractivity contribution in [2.45, 2.75) is 45.3 Å². The van der Waals surface area contributed by atoms with Crippen LogP contribution in [0.3, 0.4) is 0 Å². The van der Waals surface area contributed by atoms with Crippen LogP contribution in [0.1, 0.15) is 31.9 Å². The molecule has 0 aliphatic carbocycles. The summed E-state index contributed by atoms with van der Waals surface area (Å²) in [5, 5.41) is 14.1. The lowest BCUT2D eigenvalue weighted by molar-refractivity contribution is -0.385. The average molecular weight is 538 g/mol. The SMILES string of the molecule is COc1cc(OCC(=O)N(Cc2ccccc2F)C(Cc2ccccc2)C(=O)NC(C)(C)C)ccc1[N+](=O)[O-]. The summed E-state index contributed by atoms with van der Waals surface area (Å²) >= 11 is 0. The molecule has 206 valence electrons. The first-order chi connectivity index (χ1) is 18.5. The molecule has 0 heterocycles. The van der Waals surface area contributed by atoms with Crippen molar-refractivity contribution in [2.24, 2.45) is 0 Å². The van der Waals surface area contributed by atoms with E-state index >= 15 is 0 Å². The van der Waals surface area contributed by atoms with Crippen molar-refractivity contribution >= 4 is 17.5 Å². The van der Waals surface area contributed by atoms with Crippen molar-refractivity contribution in [1.29, 1.82) is 0 Å². The zero-order valence-corrected chi connectivity index (χ0v) is 22.3. The molecule has 0 aromatic heterocycles. The number of nitro groups is 1. The second-order valence-corrected chi connectivity index (χ2v) is 9.94. The monoisotopic (exact) mass is 537 g/mol. The fraction of sp³-hybridized carbons (Fsp3) is 0.310. The van der Waals surface area contributed by atoms with Crippen molar-refractivity contribution < 1.29 is 28.4 Å². The molecule has 0 saturated heterocycles. The molecule has 0 bridgehead atoms. The van der Waals surface area contributed by atoms with E-state index in [0.29, 0.717) is 0 Å². The van der Waals surface area contributed by atoms with Gasteiger partial charge in [0.1, 0.15) is 17.6 Å². The summed E-state index contributed by atoms with van der Waals surface area (Å²) in [5.41, 5.74) is 0.229. The Balaban J connectivity index is 1.94. The van der Waals surface area contributed by atoms with Gasteiger partial charge in [0.25, 0.3) is 5.91 Å². The van der Waals surface area contributed by atoms with Crippen LogP contribution < -0.4 is 14.8 Å². The smallest absolute Gasteiger partial charge is 0.311 e. The van der Waals surface area contributed by atoms with Crippen LogP contribution in [-0.4, -0.2) is 46.9 Å². The molecule has 39 heavy (non-hydrogen) atoms. The maximum Gasteiger partial charge on any atom is 0.311 e. The largest absolute Gasteiger partial charge is 0.490 e. The van der Waals surface area contributed by atoms with Crippen molar-refractivity contribution in [2.75, 3.05) is 13.7 Å². The van der Waals surface area contributed by atoms with Gasteiger partial charge in [-0.3, -0.25) is 19.7 Å². The Bertz CT molecular complexity index is 1310. The van der Waals surface area contributed by atoms with Crippen LogP contribution in [0.2, 0.25) is 0 Å². The Morgan fingerprint density at radius 3 is 2.33 bits per heavy atom. The molecule has 0 saturated carbocycles. The van der Waals surface area contributed by atoms with E-state index < -0.39 is 40.7 Å². The molecule has 0 spiro atoms. The second-order valence-electron chi connectivity index (χ2n) is 9.94. The number of nitro benzene ring substituents is 1. The van der Waals surface area contributed by atoms with Gasteiger partial charge < -0.3 is 19.7 Å². The Labute approximate surface area is 226 Å². The topological polar surface area (TPSA) is 111 Å². The molecule has 3 aromatic rings. The van der Waals surface area contributed by atoms with Crippen LogP contribution in [0.25, 0.3) is 0 Å². The van der Waals surface area contributed by atoms with Gasteiger partial charge in [0.15, 0.2) is 6.61 Å². The van der Waals surface area contributed by atoms with Gasteiger partial charge in [-0.15, -0.1) is 0 Å². The summed E-state index contributed by atoms with van der Waals surface area (Å²) in [6.07, 6.45) is 0.189. The van der Waals surface area contributed by atoms with Gasteiger partial charge >= 0.3 is 5.69 Å². The van der Waals surface area contributed by atoms with Gasteiger partial charge in [-0.25, -0.2) is 4.39 Å². The summed E-state index contributed by atoms with van der Waals surface area (Å²) in [7, 11) is 1.29. The number of nitrogens with one attached hydrogen (secondary N) is 1. The van der Waals surface area contributed by atoms with Gasteiger partial charge in [0.2, 0.25) is 11.7 Å². The van der Waals surface area contributed by atoms with E-state index in [1.165, 1.54) is 36.3 Å². The minimum Gasteiger partial charge on any atom is -0.490 e. The van der Waals surface area contributed by atoms with Crippen molar-refractivity contribution in [1.82, 2.24) is 10.2 Å². The number of benzene rings is 3.